The Labute approximate surface area is 130 Å². The number of halogens is 1. The van der Waals surface area contributed by atoms with Crippen molar-refractivity contribution in [3.8, 4) is 11.3 Å². The van der Waals surface area contributed by atoms with Crippen molar-refractivity contribution >= 4 is 22.4 Å². The number of oxazole rings is 1. The monoisotopic (exact) mass is 331 g/mol. The minimum absolute atomic E-state index is 0. The van der Waals surface area contributed by atoms with E-state index in [1.807, 2.05) is 0 Å². The molecule has 0 spiro atoms. The summed E-state index contributed by atoms with van der Waals surface area (Å²) in [6, 6.07) is 6.14. The van der Waals surface area contributed by atoms with Crippen molar-refractivity contribution in [3.63, 3.8) is 0 Å². The minimum Gasteiger partial charge on any atom is -0.449 e. The van der Waals surface area contributed by atoms with E-state index in [0.29, 0.717) is 11.6 Å². The first kappa shape index (κ1) is 17.6. The standard InChI is InChI=1S/C13H17N3O3S.ClH/c1-9(7-14)16-20(17,18)12-5-3-11(4-6-12)13-8-19-10(2)15-13;/h3-6,8-9,16H,7,14H2,1-2H3;1H/t9-;/m0./s1. The van der Waals surface area contributed by atoms with Crippen molar-refractivity contribution in [1.29, 1.82) is 0 Å². The van der Waals surface area contributed by atoms with Crippen molar-refractivity contribution in [2.75, 3.05) is 6.54 Å². The molecule has 2 rings (SSSR count). The molecule has 0 unspecified atom stereocenters. The lowest BCUT2D eigenvalue weighted by Gasteiger charge is -2.12. The van der Waals surface area contributed by atoms with E-state index in [1.165, 1.54) is 18.4 Å². The highest BCUT2D eigenvalue weighted by molar-refractivity contribution is 7.89. The number of sulfonamides is 1. The number of hydrogen-bond acceptors (Lipinski definition) is 5. The van der Waals surface area contributed by atoms with Gasteiger partial charge in [0, 0.05) is 25.1 Å². The largest absolute Gasteiger partial charge is 0.449 e. The van der Waals surface area contributed by atoms with Gasteiger partial charge in [-0.3, -0.25) is 0 Å². The first-order valence-electron chi connectivity index (χ1n) is 6.17. The Morgan fingerprint density at radius 1 is 1.33 bits per heavy atom. The molecular weight excluding hydrogens is 314 g/mol. The quantitative estimate of drug-likeness (QED) is 0.868. The van der Waals surface area contributed by atoms with Crippen LogP contribution < -0.4 is 10.5 Å². The van der Waals surface area contributed by atoms with Crippen LogP contribution in [-0.2, 0) is 10.0 Å². The molecule has 3 N–H and O–H groups in total. The zero-order valence-corrected chi connectivity index (χ0v) is 13.4. The van der Waals surface area contributed by atoms with Crippen LogP contribution in [0.15, 0.2) is 39.8 Å². The fraction of sp³-hybridized carbons (Fsp3) is 0.308. The van der Waals surface area contributed by atoms with Gasteiger partial charge in [-0.2, -0.15) is 0 Å². The molecule has 8 heteroatoms. The summed E-state index contributed by atoms with van der Waals surface area (Å²) in [7, 11) is -3.54. The van der Waals surface area contributed by atoms with E-state index >= 15 is 0 Å². The highest BCUT2D eigenvalue weighted by atomic mass is 35.5. The van der Waals surface area contributed by atoms with Crippen molar-refractivity contribution in [3.05, 3.63) is 36.4 Å². The summed E-state index contributed by atoms with van der Waals surface area (Å²) in [4.78, 5) is 4.38. The van der Waals surface area contributed by atoms with Crippen LogP contribution in [0.2, 0.25) is 0 Å². The molecule has 1 heterocycles. The minimum atomic E-state index is -3.54. The molecule has 0 aliphatic rings. The van der Waals surface area contributed by atoms with Gasteiger partial charge in [0.25, 0.3) is 0 Å². The van der Waals surface area contributed by atoms with Gasteiger partial charge in [-0.25, -0.2) is 18.1 Å². The summed E-state index contributed by atoms with van der Waals surface area (Å²) in [5.74, 6) is 0.565. The Morgan fingerprint density at radius 3 is 2.43 bits per heavy atom. The van der Waals surface area contributed by atoms with E-state index in [-0.39, 0.29) is 29.9 Å². The maximum atomic E-state index is 12.1. The van der Waals surface area contributed by atoms with Gasteiger partial charge in [0.05, 0.1) is 4.90 Å². The summed E-state index contributed by atoms with van der Waals surface area (Å²) >= 11 is 0. The normalized spacial score (nSPS) is 12.7. The van der Waals surface area contributed by atoms with Crippen LogP contribution in [0.4, 0.5) is 0 Å². The summed E-state index contributed by atoms with van der Waals surface area (Å²) in [6.07, 6.45) is 1.54. The molecule has 0 aliphatic carbocycles. The molecule has 1 aromatic carbocycles. The van der Waals surface area contributed by atoms with Crippen LogP contribution in [-0.4, -0.2) is 26.0 Å². The number of hydrogen-bond donors (Lipinski definition) is 2. The third-order valence-corrected chi connectivity index (χ3v) is 4.39. The number of nitrogens with zero attached hydrogens (tertiary/aromatic N) is 1. The average molecular weight is 332 g/mol. The molecule has 0 aliphatic heterocycles. The van der Waals surface area contributed by atoms with E-state index in [2.05, 4.69) is 9.71 Å². The van der Waals surface area contributed by atoms with Crippen molar-refractivity contribution < 1.29 is 12.8 Å². The molecule has 1 atom stereocenters. The highest BCUT2D eigenvalue weighted by Crippen LogP contribution is 2.20. The van der Waals surface area contributed by atoms with Gasteiger partial charge in [0.2, 0.25) is 10.0 Å². The van der Waals surface area contributed by atoms with Crippen LogP contribution in [0.5, 0.6) is 0 Å². The molecule has 0 amide bonds. The maximum absolute atomic E-state index is 12.1. The third kappa shape index (κ3) is 4.28. The molecule has 2 aromatic rings. The smallest absolute Gasteiger partial charge is 0.240 e. The van der Waals surface area contributed by atoms with Gasteiger partial charge in [0.1, 0.15) is 12.0 Å². The second-order valence-electron chi connectivity index (χ2n) is 4.53. The number of nitrogens with two attached hydrogens (primary N) is 1. The lowest BCUT2D eigenvalue weighted by atomic mass is 10.2. The Bertz CT molecular complexity index is 683. The number of aryl methyl sites for hydroxylation is 1. The Hall–Kier alpha value is -1.41. The van der Waals surface area contributed by atoms with Crippen molar-refractivity contribution in [1.82, 2.24) is 9.71 Å². The Kier molecular flexibility index (Phi) is 5.91. The molecule has 0 saturated carbocycles. The molecule has 116 valence electrons. The van der Waals surface area contributed by atoms with Crippen molar-refractivity contribution in [2.24, 2.45) is 5.73 Å². The van der Waals surface area contributed by atoms with Crippen LogP contribution in [0.25, 0.3) is 11.3 Å². The molecule has 21 heavy (non-hydrogen) atoms. The van der Waals surface area contributed by atoms with Crippen LogP contribution in [0.3, 0.4) is 0 Å². The zero-order valence-electron chi connectivity index (χ0n) is 11.7. The Balaban J connectivity index is 0.00000220. The van der Waals surface area contributed by atoms with E-state index < -0.39 is 10.0 Å². The molecule has 0 bridgehead atoms. The lowest BCUT2D eigenvalue weighted by Crippen LogP contribution is -2.37. The fourth-order valence-corrected chi connectivity index (χ4v) is 2.94. The molecule has 0 radical (unpaired) electrons. The van der Waals surface area contributed by atoms with E-state index in [4.69, 9.17) is 10.2 Å². The van der Waals surface area contributed by atoms with Gasteiger partial charge in [-0.15, -0.1) is 12.4 Å². The Morgan fingerprint density at radius 2 is 1.95 bits per heavy atom. The summed E-state index contributed by atoms with van der Waals surface area (Å²) in [5, 5.41) is 0. The SMILES string of the molecule is Cc1nc(-c2ccc(S(=O)(=O)N[C@@H](C)CN)cc2)co1.Cl. The van der Waals surface area contributed by atoms with Crippen LogP contribution in [0.1, 0.15) is 12.8 Å². The van der Waals surface area contributed by atoms with Crippen molar-refractivity contribution in [2.45, 2.75) is 24.8 Å². The number of aromatic nitrogens is 1. The van der Waals surface area contributed by atoms with Gasteiger partial charge in [0.15, 0.2) is 5.89 Å². The first-order chi connectivity index (χ1) is 9.42. The maximum Gasteiger partial charge on any atom is 0.240 e. The fourth-order valence-electron chi connectivity index (χ4n) is 1.68. The summed E-state index contributed by atoms with van der Waals surface area (Å²) in [5.41, 5.74) is 6.89. The molecule has 0 fully saturated rings. The van der Waals surface area contributed by atoms with E-state index in [9.17, 15) is 8.42 Å². The second-order valence-corrected chi connectivity index (χ2v) is 6.25. The van der Waals surface area contributed by atoms with Gasteiger partial charge < -0.3 is 10.2 Å². The number of rotatable bonds is 5. The highest BCUT2D eigenvalue weighted by Gasteiger charge is 2.16. The molecule has 6 nitrogen and oxygen atoms in total. The first-order valence-corrected chi connectivity index (χ1v) is 7.65. The van der Waals surface area contributed by atoms with E-state index in [1.54, 1.807) is 26.0 Å². The summed E-state index contributed by atoms with van der Waals surface area (Å²) < 4.78 is 31.7. The predicted octanol–water partition coefficient (Wildman–Crippen LogP) is 1.70. The van der Waals surface area contributed by atoms with Crippen LogP contribution in [0, 0.1) is 6.92 Å². The molecular formula is C13H18ClN3O3S. The zero-order chi connectivity index (χ0) is 14.8. The average Bonchev–Trinajstić information content (AvgIpc) is 2.85. The third-order valence-electron chi connectivity index (χ3n) is 2.79. The molecule has 1 aromatic heterocycles. The van der Waals surface area contributed by atoms with Gasteiger partial charge >= 0.3 is 0 Å². The number of benzene rings is 1. The van der Waals surface area contributed by atoms with Gasteiger partial charge in [-0.05, 0) is 19.1 Å². The van der Waals surface area contributed by atoms with Crippen LogP contribution >= 0.6 is 12.4 Å². The van der Waals surface area contributed by atoms with E-state index in [0.717, 1.165) is 5.56 Å². The molecule has 0 saturated heterocycles. The topological polar surface area (TPSA) is 98.2 Å². The predicted molar refractivity (Wildman–Crippen MR) is 82.8 cm³/mol. The lowest BCUT2D eigenvalue weighted by molar-refractivity contribution is 0.521. The second kappa shape index (κ2) is 7.04. The van der Waals surface area contributed by atoms with Gasteiger partial charge in [-0.1, -0.05) is 12.1 Å². The summed E-state index contributed by atoms with van der Waals surface area (Å²) in [6.45, 7) is 3.71. The number of nitrogens with one attached hydrogen (secondary N) is 1.